The smallest absolute Gasteiger partial charge is 0.308 e. The molecule has 7 heteroatoms. The van der Waals surface area contributed by atoms with E-state index >= 15 is 0 Å². The summed E-state index contributed by atoms with van der Waals surface area (Å²) in [5, 5.41) is 3.00. The van der Waals surface area contributed by atoms with Gasteiger partial charge in [-0.1, -0.05) is 47.5 Å². The molecule has 1 spiro atoms. The molecule has 1 atom stereocenters. The minimum atomic E-state index is -1.18. The van der Waals surface area contributed by atoms with Gasteiger partial charge in [-0.3, -0.25) is 9.69 Å². The highest BCUT2D eigenvalue weighted by Gasteiger charge is 2.63. The number of nitrogens with zero attached hydrogens (tertiary/aromatic N) is 2. The number of anilines is 2. The molecule has 3 amide bonds. The summed E-state index contributed by atoms with van der Waals surface area (Å²) < 4.78 is 13.2. The molecule has 5 rings (SSSR count). The molecule has 1 N–H and O–H groups in total. The summed E-state index contributed by atoms with van der Waals surface area (Å²) >= 11 is 1.52. The number of hydrogen-bond donors (Lipinski definition) is 1. The van der Waals surface area contributed by atoms with Crippen LogP contribution >= 0.6 is 11.8 Å². The molecule has 2 heterocycles. The first-order valence-corrected chi connectivity index (χ1v) is 12.4. The van der Waals surface area contributed by atoms with Crippen LogP contribution in [0.5, 0.6) is 0 Å². The van der Waals surface area contributed by atoms with Gasteiger partial charge in [-0.2, -0.15) is 0 Å². The molecule has 1 fully saturated rings. The van der Waals surface area contributed by atoms with Gasteiger partial charge in [0.2, 0.25) is 0 Å². The van der Waals surface area contributed by atoms with Crippen molar-refractivity contribution in [2.45, 2.75) is 43.9 Å². The van der Waals surface area contributed by atoms with Crippen LogP contribution < -0.4 is 10.2 Å². The van der Waals surface area contributed by atoms with E-state index in [1.54, 1.807) is 21.9 Å². The van der Waals surface area contributed by atoms with Gasteiger partial charge in [0, 0.05) is 22.5 Å². The summed E-state index contributed by atoms with van der Waals surface area (Å²) in [6.07, 6.45) is 0. The molecule has 35 heavy (non-hydrogen) atoms. The molecule has 0 aromatic heterocycles. The number of fused-ring (bicyclic) bond motifs is 2. The van der Waals surface area contributed by atoms with Crippen LogP contribution in [0.1, 0.15) is 36.1 Å². The molecular formula is C28H28FN3O2S. The minimum Gasteiger partial charge on any atom is -0.308 e. The second-order valence-corrected chi connectivity index (χ2v) is 11.8. The highest BCUT2D eigenvalue weighted by molar-refractivity contribution is 8.02. The van der Waals surface area contributed by atoms with Gasteiger partial charge in [-0.15, -0.1) is 11.8 Å². The van der Waals surface area contributed by atoms with E-state index in [9.17, 15) is 14.0 Å². The van der Waals surface area contributed by atoms with E-state index in [1.165, 1.54) is 23.9 Å². The summed E-state index contributed by atoms with van der Waals surface area (Å²) in [6.45, 7) is 8.81. The predicted octanol–water partition coefficient (Wildman–Crippen LogP) is 6.20. The third-order valence-electron chi connectivity index (χ3n) is 6.49. The molecule has 0 saturated carbocycles. The molecule has 2 aliphatic rings. The zero-order valence-corrected chi connectivity index (χ0v) is 21.1. The molecule has 0 unspecified atom stereocenters. The van der Waals surface area contributed by atoms with Crippen LogP contribution in [0.25, 0.3) is 0 Å². The van der Waals surface area contributed by atoms with E-state index in [1.807, 2.05) is 56.3 Å². The lowest BCUT2D eigenvalue weighted by Crippen LogP contribution is -2.51. The molecule has 0 bridgehead atoms. The fraction of sp³-hybridized carbons (Fsp3) is 0.286. The van der Waals surface area contributed by atoms with Gasteiger partial charge < -0.3 is 10.2 Å². The second-order valence-electron chi connectivity index (χ2n) is 9.93. The number of urea groups is 1. The Morgan fingerprint density at radius 1 is 1.00 bits per heavy atom. The number of rotatable bonds is 3. The summed E-state index contributed by atoms with van der Waals surface area (Å²) in [6, 6.07) is 19.4. The van der Waals surface area contributed by atoms with Crippen molar-refractivity contribution in [3.05, 3.63) is 94.8 Å². The number of aryl methyl sites for hydroxylation is 2. The number of nitrogens with one attached hydrogen (secondary N) is 1. The largest absolute Gasteiger partial charge is 0.323 e. The predicted molar refractivity (Wildman–Crippen MR) is 139 cm³/mol. The van der Waals surface area contributed by atoms with Gasteiger partial charge in [-0.05, 0) is 63.6 Å². The monoisotopic (exact) mass is 489 g/mol. The molecule has 3 aromatic rings. The quantitative estimate of drug-likeness (QED) is 0.477. The van der Waals surface area contributed by atoms with Crippen molar-refractivity contribution in [2.75, 3.05) is 16.8 Å². The molecular weight excluding hydrogens is 461 g/mol. The normalized spacial score (nSPS) is 20.4. The third kappa shape index (κ3) is 4.08. The maximum absolute atomic E-state index is 14.3. The maximum Gasteiger partial charge on any atom is 0.323 e. The van der Waals surface area contributed by atoms with Crippen LogP contribution in [-0.4, -0.2) is 28.1 Å². The van der Waals surface area contributed by atoms with Crippen molar-refractivity contribution in [3.63, 3.8) is 0 Å². The van der Waals surface area contributed by atoms with Crippen molar-refractivity contribution in [1.29, 1.82) is 0 Å². The number of halogens is 1. The zero-order chi connectivity index (χ0) is 25.0. The number of carbonyl (C=O) groups excluding carboxylic acids is 2. The Hall–Kier alpha value is -3.32. The molecule has 3 aromatic carbocycles. The van der Waals surface area contributed by atoms with E-state index in [-0.39, 0.29) is 22.5 Å². The molecule has 2 aliphatic heterocycles. The summed E-state index contributed by atoms with van der Waals surface area (Å²) in [7, 11) is 0. The number of amides is 3. The van der Waals surface area contributed by atoms with Gasteiger partial charge in [0.15, 0.2) is 4.87 Å². The zero-order valence-electron chi connectivity index (χ0n) is 20.3. The van der Waals surface area contributed by atoms with Gasteiger partial charge in [-0.25, -0.2) is 9.18 Å². The van der Waals surface area contributed by atoms with Gasteiger partial charge in [0.1, 0.15) is 5.82 Å². The van der Waals surface area contributed by atoms with Crippen molar-refractivity contribution in [2.24, 2.45) is 0 Å². The molecule has 5 nitrogen and oxygen atoms in total. The van der Waals surface area contributed by atoms with Crippen LogP contribution in [0.3, 0.4) is 0 Å². The Morgan fingerprint density at radius 3 is 2.34 bits per heavy atom. The van der Waals surface area contributed by atoms with Crippen molar-refractivity contribution in [3.8, 4) is 0 Å². The summed E-state index contributed by atoms with van der Waals surface area (Å²) in [4.78, 5) is 30.2. The standard InChI is InChI=1S/C28H28FN3O2S/c1-18-5-12-22(13-6-18)30-26(34)32-17-27(3,4)35-28(32)23-15-19(2)7-14-24(23)31(25(28)33)16-20-8-10-21(29)11-9-20/h5-15H,16-17H2,1-4H3,(H,30,34)/t28-/m1/s1. The summed E-state index contributed by atoms with van der Waals surface area (Å²) in [5.41, 5.74) is 5.22. The first-order valence-electron chi connectivity index (χ1n) is 11.6. The van der Waals surface area contributed by atoms with Crippen LogP contribution in [0.4, 0.5) is 20.6 Å². The van der Waals surface area contributed by atoms with Crippen LogP contribution in [0, 0.1) is 19.7 Å². The lowest BCUT2D eigenvalue weighted by Gasteiger charge is -2.33. The number of carbonyl (C=O) groups is 2. The number of benzene rings is 3. The van der Waals surface area contributed by atoms with Gasteiger partial charge in [0.25, 0.3) is 5.91 Å². The average Bonchev–Trinajstić information content (AvgIpc) is 3.23. The SMILES string of the molecule is Cc1ccc(NC(=O)N2CC(C)(C)S[C@]23C(=O)N(Cc2ccc(F)cc2)c2ccc(C)cc23)cc1. The fourth-order valence-electron chi connectivity index (χ4n) is 4.88. The van der Waals surface area contributed by atoms with Gasteiger partial charge in [0.05, 0.1) is 12.2 Å². The molecule has 1 saturated heterocycles. The topological polar surface area (TPSA) is 52.7 Å². The van der Waals surface area contributed by atoms with Gasteiger partial charge >= 0.3 is 6.03 Å². The first kappa shape index (κ1) is 23.4. The highest BCUT2D eigenvalue weighted by atomic mass is 32.2. The fourth-order valence-corrected chi connectivity index (χ4v) is 6.60. The lowest BCUT2D eigenvalue weighted by molar-refractivity contribution is -0.123. The van der Waals surface area contributed by atoms with E-state index in [0.717, 1.165) is 27.9 Å². The van der Waals surface area contributed by atoms with Crippen LogP contribution in [0.15, 0.2) is 66.7 Å². The van der Waals surface area contributed by atoms with E-state index in [0.29, 0.717) is 18.8 Å². The number of hydrogen-bond acceptors (Lipinski definition) is 3. The maximum atomic E-state index is 14.3. The van der Waals surface area contributed by atoms with Crippen molar-refractivity contribution >= 4 is 35.1 Å². The third-order valence-corrected chi connectivity index (χ3v) is 8.08. The second kappa shape index (κ2) is 8.41. The first-order chi connectivity index (χ1) is 16.6. The number of thioether (sulfide) groups is 1. The van der Waals surface area contributed by atoms with Crippen LogP contribution in [0.2, 0.25) is 0 Å². The molecule has 0 aliphatic carbocycles. The van der Waals surface area contributed by atoms with E-state index in [2.05, 4.69) is 19.2 Å². The highest BCUT2D eigenvalue weighted by Crippen LogP contribution is 2.60. The molecule has 180 valence electrons. The Balaban J connectivity index is 1.57. The minimum absolute atomic E-state index is 0.156. The van der Waals surface area contributed by atoms with Crippen LogP contribution in [-0.2, 0) is 16.2 Å². The summed E-state index contributed by atoms with van der Waals surface area (Å²) in [5.74, 6) is -0.474. The van der Waals surface area contributed by atoms with Crippen molar-refractivity contribution in [1.82, 2.24) is 4.90 Å². The Bertz CT molecular complexity index is 1310. The average molecular weight is 490 g/mol. The van der Waals surface area contributed by atoms with E-state index < -0.39 is 4.87 Å². The van der Waals surface area contributed by atoms with Crippen molar-refractivity contribution < 1.29 is 14.0 Å². The Labute approximate surface area is 209 Å². The Kier molecular flexibility index (Phi) is 5.63. The van der Waals surface area contributed by atoms with E-state index in [4.69, 9.17) is 0 Å². The lowest BCUT2D eigenvalue weighted by atomic mass is 10.0. The molecule has 0 radical (unpaired) electrons. The Morgan fingerprint density at radius 2 is 1.66 bits per heavy atom.